The van der Waals surface area contributed by atoms with Crippen LogP contribution in [0, 0.1) is 10.1 Å². The number of imide groups is 1. The quantitative estimate of drug-likeness (QED) is 0.259. The third-order valence-electron chi connectivity index (χ3n) is 4.58. The summed E-state index contributed by atoms with van der Waals surface area (Å²) in [6.07, 6.45) is 0. The van der Waals surface area contributed by atoms with E-state index in [1.54, 1.807) is 26.2 Å². The number of rotatable bonds is 8. The first-order valence-corrected chi connectivity index (χ1v) is 10.6. The lowest BCUT2D eigenvalue weighted by Crippen LogP contribution is -2.36. The van der Waals surface area contributed by atoms with E-state index in [2.05, 4.69) is 0 Å². The molecular formula is C19H18N4O8S. The van der Waals surface area contributed by atoms with Gasteiger partial charge in [0.15, 0.2) is 6.73 Å². The van der Waals surface area contributed by atoms with E-state index < -0.39 is 56.6 Å². The van der Waals surface area contributed by atoms with Gasteiger partial charge in [0.1, 0.15) is 12.2 Å². The molecule has 1 N–H and O–H groups in total. The van der Waals surface area contributed by atoms with E-state index in [9.17, 15) is 32.9 Å². The van der Waals surface area contributed by atoms with Crippen molar-refractivity contribution in [3.05, 3.63) is 63.7 Å². The number of carbonyl (C=O) groups is 3. The molecule has 1 aliphatic heterocycles. The van der Waals surface area contributed by atoms with E-state index in [0.29, 0.717) is 0 Å². The third kappa shape index (κ3) is 4.43. The standard InChI is InChI=1S/C19H18N4O8S/c1-21(2)15-8-7-12(9-16(15)23(27)28)32(29,30)20-10-17(24)31-11-22-18(25)13-5-3-4-6-14(13)19(22)26/h3-9,20H,10-11H2,1-2H3. The predicted octanol–water partition coefficient (Wildman–Crippen LogP) is 0.736. The van der Waals surface area contributed by atoms with Crippen molar-refractivity contribution >= 4 is 39.2 Å². The highest BCUT2D eigenvalue weighted by atomic mass is 32.2. The predicted molar refractivity (Wildman–Crippen MR) is 111 cm³/mol. The number of fused-ring (bicyclic) bond motifs is 1. The van der Waals surface area contributed by atoms with Gasteiger partial charge in [-0.3, -0.25) is 24.5 Å². The fourth-order valence-corrected chi connectivity index (χ4v) is 3.96. The zero-order valence-corrected chi connectivity index (χ0v) is 17.8. The lowest BCUT2D eigenvalue weighted by molar-refractivity contribution is -0.384. The van der Waals surface area contributed by atoms with Crippen molar-refractivity contribution in [2.75, 3.05) is 32.3 Å². The summed E-state index contributed by atoms with van der Waals surface area (Å²) < 4.78 is 31.7. The van der Waals surface area contributed by atoms with Crippen molar-refractivity contribution < 1.29 is 32.5 Å². The molecule has 0 saturated carbocycles. The number of nitro benzene ring substituents is 1. The van der Waals surface area contributed by atoms with Crippen LogP contribution < -0.4 is 9.62 Å². The molecule has 12 nitrogen and oxygen atoms in total. The first kappa shape index (κ1) is 22.8. The molecular weight excluding hydrogens is 444 g/mol. The molecule has 0 bridgehead atoms. The van der Waals surface area contributed by atoms with Gasteiger partial charge in [-0.1, -0.05) is 12.1 Å². The molecule has 0 radical (unpaired) electrons. The SMILES string of the molecule is CN(C)c1ccc(S(=O)(=O)NCC(=O)OCN2C(=O)c3ccccc3C2=O)cc1[N+](=O)[O-]. The number of nitrogens with one attached hydrogen (secondary N) is 1. The van der Waals surface area contributed by atoms with Crippen LogP contribution in [0.1, 0.15) is 20.7 Å². The van der Waals surface area contributed by atoms with E-state index in [-0.39, 0.29) is 16.8 Å². The van der Waals surface area contributed by atoms with Gasteiger partial charge in [0.05, 0.1) is 20.9 Å². The van der Waals surface area contributed by atoms with Crippen LogP contribution in [0.3, 0.4) is 0 Å². The van der Waals surface area contributed by atoms with E-state index in [4.69, 9.17) is 4.74 Å². The largest absolute Gasteiger partial charge is 0.443 e. The second-order valence-corrected chi connectivity index (χ2v) is 8.62. The van der Waals surface area contributed by atoms with Crippen LogP contribution in [0.25, 0.3) is 0 Å². The van der Waals surface area contributed by atoms with Crippen molar-refractivity contribution in [1.29, 1.82) is 0 Å². The Balaban J connectivity index is 1.63. The van der Waals surface area contributed by atoms with Crippen molar-refractivity contribution in [1.82, 2.24) is 9.62 Å². The van der Waals surface area contributed by atoms with Gasteiger partial charge < -0.3 is 9.64 Å². The van der Waals surface area contributed by atoms with Crippen molar-refractivity contribution in [3.63, 3.8) is 0 Å². The lowest BCUT2D eigenvalue weighted by Gasteiger charge is -2.15. The number of hydrogen-bond donors (Lipinski definition) is 1. The summed E-state index contributed by atoms with van der Waals surface area (Å²) in [5.41, 5.74) is 0.134. The molecule has 2 aromatic rings. The number of ether oxygens (including phenoxy) is 1. The molecule has 13 heteroatoms. The fraction of sp³-hybridized carbons (Fsp3) is 0.211. The lowest BCUT2D eigenvalue weighted by atomic mass is 10.1. The molecule has 0 unspecified atom stereocenters. The number of amides is 2. The van der Waals surface area contributed by atoms with Crippen LogP contribution in [0.5, 0.6) is 0 Å². The molecule has 2 aromatic carbocycles. The van der Waals surface area contributed by atoms with Crippen molar-refractivity contribution in [2.45, 2.75) is 4.90 Å². The topological polar surface area (TPSA) is 156 Å². The molecule has 0 atom stereocenters. The van der Waals surface area contributed by atoms with Crippen molar-refractivity contribution in [2.24, 2.45) is 0 Å². The monoisotopic (exact) mass is 462 g/mol. The van der Waals surface area contributed by atoms with E-state index in [1.807, 2.05) is 4.72 Å². The maximum atomic E-state index is 12.4. The first-order valence-electron chi connectivity index (χ1n) is 9.09. The molecule has 168 valence electrons. The molecule has 3 rings (SSSR count). The second kappa shape index (κ2) is 8.72. The van der Waals surface area contributed by atoms with Gasteiger partial charge in [0, 0.05) is 20.2 Å². The average molecular weight is 462 g/mol. The molecule has 1 aliphatic rings. The Morgan fingerprint density at radius 1 is 1.12 bits per heavy atom. The fourth-order valence-electron chi connectivity index (χ4n) is 2.98. The number of hydrogen-bond acceptors (Lipinski definition) is 9. The number of benzene rings is 2. The van der Waals surface area contributed by atoms with E-state index >= 15 is 0 Å². The van der Waals surface area contributed by atoms with E-state index in [1.165, 1.54) is 23.1 Å². The minimum absolute atomic E-state index is 0.178. The second-order valence-electron chi connectivity index (χ2n) is 6.86. The molecule has 0 spiro atoms. The Morgan fingerprint density at radius 3 is 2.25 bits per heavy atom. The number of nitrogens with zero attached hydrogens (tertiary/aromatic N) is 3. The van der Waals surface area contributed by atoms with Crippen LogP contribution in [0.2, 0.25) is 0 Å². The minimum atomic E-state index is -4.28. The molecule has 2 amide bonds. The number of nitro groups is 1. The summed E-state index contributed by atoms with van der Waals surface area (Å²) in [7, 11) is -1.14. The Bertz CT molecular complexity index is 1190. The molecule has 0 aromatic heterocycles. The zero-order chi connectivity index (χ0) is 23.6. The van der Waals surface area contributed by atoms with Crippen LogP contribution in [0.15, 0.2) is 47.4 Å². The van der Waals surface area contributed by atoms with Gasteiger partial charge in [-0.25, -0.2) is 13.3 Å². The molecule has 1 heterocycles. The van der Waals surface area contributed by atoms with Crippen LogP contribution in [0.4, 0.5) is 11.4 Å². The summed E-state index contributed by atoms with van der Waals surface area (Å²) in [6.45, 7) is -1.50. The highest BCUT2D eigenvalue weighted by Gasteiger charge is 2.35. The van der Waals surface area contributed by atoms with Crippen LogP contribution in [-0.2, 0) is 19.6 Å². The number of esters is 1. The maximum Gasteiger partial charge on any atom is 0.322 e. The van der Waals surface area contributed by atoms with Crippen molar-refractivity contribution in [3.8, 4) is 0 Å². The smallest absolute Gasteiger partial charge is 0.322 e. The highest BCUT2D eigenvalue weighted by molar-refractivity contribution is 7.89. The summed E-state index contributed by atoms with van der Waals surface area (Å²) in [4.78, 5) is 48.7. The zero-order valence-electron chi connectivity index (χ0n) is 17.0. The molecule has 32 heavy (non-hydrogen) atoms. The number of sulfonamides is 1. The normalized spacial score (nSPS) is 13.1. The average Bonchev–Trinajstić information content (AvgIpc) is 3.00. The number of anilines is 1. The summed E-state index contributed by atoms with van der Waals surface area (Å²) in [5, 5.41) is 11.2. The van der Waals surface area contributed by atoms with Gasteiger partial charge in [-0.05, 0) is 24.3 Å². The molecule has 0 aliphatic carbocycles. The van der Waals surface area contributed by atoms with Crippen LogP contribution >= 0.6 is 0 Å². The molecule has 0 fully saturated rings. The Labute approximate surface area is 182 Å². The summed E-state index contributed by atoms with van der Waals surface area (Å²) >= 11 is 0. The summed E-state index contributed by atoms with van der Waals surface area (Å²) in [5.74, 6) is -2.32. The van der Waals surface area contributed by atoms with Gasteiger partial charge in [0.25, 0.3) is 17.5 Å². The molecule has 0 saturated heterocycles. The van der Waals surface area contributed by atoms with E-state index in [0.717, 1.165) is 17.0 Å². The maximum absolute atomic E-state index is 12.4. The Morgan fingerprint density at radius 2 is 1.72 bits per heavy atom. The Kier molecular flexibility index (Phi) is 6.23. The number of carbonyl (C=O) groups excluding carboxylic acids is 3. The summed E-state index contributed by atoms with van der Waals surface area (Å²) in [6, 6.07) is 9.41. The minimum Gasteiger partial charge on any atom is -0.443 e. The van der Waals surface area contributed by atoms with Crippen LogP contribution in [-0.4, -0.2) is 63.4 Å². The van der Waals surface area contributed by atoms with Gasteiger partial charge in [-0.15, -0.1) is 0 Å². The van der Waals surface area contributed by atoms with Gasteiger partial charge >= 0.3 is 5.97 Å². The Hall–Kier alpha value is -3.84. The first-order chi connectivity index (χ1) is 15.0. The highest BCUT2D eigenvalue weighted by Crippen LogP contribution is 2.29. The third-order valence-corrected chi connectivity index (χ3v) is 5.97. The van der Waals surface area contributed by atoms with Gasteiger partial charge in [-0.2, -0.15) is 4.72 Å². The van der Waals surface area contributed by atoms with Gasteiger partial charge in [0.2, 0.25) is 10.0 Å².